The van der Waals surface area contributed by atoms with Crippen LogP contribution < -0.4 is 10.6 Å². The SMILES string of the molecule is CC1CCNC1C(=O)Nc1ccc([N+](=O)[O-])cc1O. The van der Waals surface area contributed by atoms with Crippen molar-refractivity contribution in [2.75, 3.05) is 11.9 Å². The van der Waals surface area contributed by atoms with E-state index in [-0.39, 0.29) is 35.0 Å². The van der Waals surface area contributed by atoms with E-state index in [1.165, 1.54) is 12.1 Å². The number of phenols is 1. The van der Waals surface area contributed by atoms with Gasteiger partial charge in [-0.15, -0.1) is 0 Å². The van der Waals surface area contributed by atoms with Gasteiger partial charge in [0.05, 0.1) is 22.7 Å². The van der Waals surface area contributed by atoms with Crippen molar-refractivity contribution < 1.29 is 14.8 Å². The average molecular weight is 265 g/mol. The van der Waals surface area contributed by atoms with E-state index < -0.39 is 4.92 Å². The van der Waals surface area contributed by atoms with Gasteiger partial charge in [0, 0.05) is 6.07 Å². The van der Waals surface area contributed by atoms with Crippen LogP contribution in [-0.2, 0) is 4.79 Å². The Labute approximate surface area is 109 Å². The van der Waals surface area contributed by atoms with Crippen LogP contribution in [0.2, 0.25) is 0 Å². The molecule has 102 valence electrons. The standard InChI is InChI=1S/C12H15N3O4/c1-7-4-5-13-11(7)12(17)14-9-3-2-8(15(18)19)6-10(9)16/h2-3,6-7,11,13,16H,4-5H2,1H3,(H,14,17). The van der Waals surface area contributed by atoms with Crippen molar-refractivity contribution in [3.63, 3.8) is 0 Å². The fourth-order valence-electron chi connectivity index (χ4n) is 2.14. The second-order valence-electron chi connectivity index (χ2n) is 4.65. The fraction of sp³-hybridized carbons (Fsp3) is 0.417. The number of aromatic hydroxyl groups is 1. The Kier molecular flexibility index (Phi) is 3.66. The van der Waals surface area contributed by atoms with E-state index >= 15 is 0 Å². The van der Waals surface area contributed by atoms with Crippen molar-refractivity contribution in [2.24, 2.45) is 5.92 Å². The number of hydrogen-bond donors (Lipinski definition) is 3. The van der Waals surface area contributed by atoms with Crippen LogP contribution in [0.3, 0.4) is 0 Å². The highest BCUT2D eigenvalue weighted by atomic mass is 16.6. The predicted molar refractivity (Wildman–Crippen MR) is 69.0 cm³/mol. The molecule has 0 aromatic heterocycles. The van der Waals surface area contributed by atoms with Gasteiger partial charge >= 0.3 is 0 Å². The van der Waals surface area contributed by atoms with E-state index in [1.807, 2.05) is 6.92 Å². The summed E-state index contributed by atoms with van der Waals surface area (Å²) in [4.78, 5) is 21.9. The van der Waals surface area contributed by atoms with Gasteiger partial charge in [-0.1, -0.05) is 6.92 Å². The largest absolute Gasteiger partial charge is 0.506 e. The number of rotatable bonds is 3. The maximum atomic E-state index is 12.0. The van der Waals surface area contributed by atoms with Gasteiger partial charge in [0.2, 0.25) is 5.91 Å². The minimum Gasteiger partial charge on any atom is -0.506 e. The summed E-state index contributed by atoms with van der Waals surface area (Å²) in [5.74, 6) is -0.331. The van der Waals surface area contributed by atoms with Crippen LogP contribution >= 0.6 is 0 Å². The first-order chi connectivity index (χ1) is 8.99. The molecule has 0 spiro atoms. The highest BCUT2D eigenvalue weighted by molar-refractivity contribution is 5.96. The molecule has 1 heterocycles. The number of nitro benzene ring substituents is 1. The van der Waals surface area contributed by atoms with Gasteiger partial charge in [-0.2, -0.15) is 0 Å². The summed E-state index contributed by atoms with van der Waals surface area (Å²) in [6.07, 6.45) is 0.921. The summed E-state index contributed by atoms with van der Waals surface area (Å²) in [6.45, 7) is 2.76. The topological polar surface area (TPSA) is 104 Å². The number of nitro groups is 1. The van der Waals surface area contributed by atoms with Crippen LogP contribution in [0.1, 0.15) is 13.3 Å². The molecule has 7 heteroatoms. The van der Waals surface area contributed by atoms with E-state index in [4.69, 9.17) is 0 Å². The first kappa shape index (κ1) is 13.3. The monoisotopic (exact) mass is 265 g/mol. The molecule has 1 saturated heterocycles. The lowest BCUT2D eigenvalue weighted by Crippen LogP contribution is -2.39. The third-order valence-electron chi connectivity index (χ3n) is 3.27. The van der Waals surface area contributed by atoms with E-state index in [2.05, 4.69) is 10.6 Å². The van der Waals surface area contributed by atoms with Gasteiger partial charge in [0.25, 0.3) is 5.69 Å². The van der Waals surface area contributed by atoms with Gasteiger partial charge in [0.15, 0.2) is 0 Å². The summed E-state index contributed by atoms with van der Waals surface area (Å²) < 4.78 is 0. The summed E-state index contributed by atoms with van der Waals surface area (Å²) in [5, 5.41) is 25.8. The van der Waals surface area contributed by atoms with Crippen molar-refractivity contribution in [1.29, 1.82) is 0 Å². The molecule has 19 heavy (non-hydrogen) atoms. The third kappa shape index (κ3) is 2.82. The maximum absolute atomic E-state index is 12.0. The first-order valence-corrected chi connectivity index (χ1v) is 6.00. The summed E-state index contributed by atoms with van der Waals surface area (Å²) in [6, 6.07) is 3.28. The zero-order valence-electron chi connectivity index (χ0n) is 10.4. The highest BCUT2D eigenvalue weighted by Gasteiger charge is 2.29. The summed E-state index contributed by atoms with van der Waals surface area (Å²) in [7, 11) is 0. The number of non-ortho nitro benzene ring substituents is 1. The lowest BCUT2D eigenvalue weighted by atomic mass is 10.0. The van der Waals surface area contributed by atoms with E-state index in [0.717, 1.165) is 19.0 Å². The zero-order chi connectivity index (χ0) is 14.0. The smallest absolute Gasteiger partial charge is 0.273 e. The number of benzene rings is 1. The minimum atomic E-state index is -0.605. The Morgan fingerprint density at radius 1 is 1.58 bits per heavy atom. The van der Waals surface area contributed by atoms with Gasteiger partial charge in [-0.05, 0) is 24.9 Å². The number of nitrogens with zero attached hydrogens (tertiary/aromatic N) is 1. The number of anilines is 1. The second kappa shape index (κ2) is 5.23. The lowest BCUT2D eigenvalue weighted by molar-refractivity contribution is -0.384. The predicted octanol–water partition coefficient (Wildman–Crippen LogP) is 1.24. The molecule has 2 atom stereocenters. The molecule has 1 aromatic rings. The summed E-state index contributed by atoms with van der Waals surface area (Å²) >= 11 is 0. The fourth-order valence-corrected chi connectivity index (χ4v) is 2.14. The van der Waals surface area contributed by atoms with Crippen molar-refractivity contribution in [2.45, 2.75) is 19.4 Å². The third-order valence-corrected chi connectivity index (χ3v) is 3.27. The molecule has 1 aliphatic rings. The van der Waals surface area contributed by atoms with Crippen LogP contribution in [-0.4, -0.2) is 28.5 Å². The molecule has 1 aliphatic heterocycles. The molecule has 2 rings (SSSR count). The van der Waals surface area contributed by atoms with Crippen LogP contribution in [0.4, 0.5) is 11.4 Å². The highest BCUT2D eigenvalue weighted by Crippen LogP contribution is 2.28. The zero-order valence-corrected chi connectivity index (χ0v) is 10.4. The van der Waals surface area contributed by atoms with Gasteiger partial charge in [-0.3, -0.25) is 14.9 Å². The normalized spacial score (nSPS) is 22.2. The van der Waals surface area contributed by atoms with Crippen LogP contribution in [0.25, 0.3) is 0 Å². The van der Waals surface area contributed by atoms with Crippen LogP contribution in [0.5, 0.6) is 5.75 Å². The van der Waals surface area contributed by atoms with Crippen LogP contribution in [0, 0.1) is 16.0 Å². The molecule has 0 aliphatic carbocycles. The molecule has 0 saturated carbocycles. The Balaban J connectivity index is 2.11. The quantitative estimate of drug-likeness (QED) is 0.433. The number of carbonyl (C=O) groups excluding carboxylic acids is 1. The molecule has 0 radical (unpaired) electrons. The molecule has 1 fully saturated rings. The van der Waals surface area contributed by atoms with Crippen molar-refractivity contribution >= 4 is 17.3 Å². The van der Waals surface area contributed by atoms with E-state index in [1.54, 1.807) is 0 Å². The molecule has 2 unspecified atom stereocenters. The molecule has 3 N–H and O–H groups in total. The Bertz CT molecular complexity index is 518. The molecule has 7 nitrogen and oxygen atoms in total. The number of hydrogen-bond acceptors (Lipinski definition) is 5. The lowest BCUT2D eigenvalue weighted by Gasteiger charge is -2.15. The van der Waals surface area contributed by atoms with Crippen LogP contribution in [0.15, 0.2) is 18.2 Å². The Morgan fingerprint density at radius 3 is 2.84 bits per heavy atom. The maximum Gasteiger partial charge on any atom is 0.273 e. The molecular formula is C12H15N3O4. The molecule has 1 aromatic carbocycles. The van der Waals surface area contributed by atoms with Gasteiger partial charge in [-0.25, -0.2) is 0 Å². The molecule has 0 bridgehead atoms. The van der Waals surface area contributed by atoms with Crippen molar-refractivity contribution in [3.05, 3.63) is 28.3 Å². The second-order valence-corrected chi connectivity index (χ2v) is 4.65. The first-order valence-electron chi connectivity index (χ1n) is 6.00. The molecular weight excluding hydrogens is 250 g/mol. The van der Waals surface area contributed by atoms with Gasteiger partial charge < -0.3 is 15.7 Å². The van der Waals surface area contributed by atoms with E-state index in [0.29, 0.717) is 0 Å². The number of amides is 1. The number of nitrogens with one attached hydrogen (secondary N) is 2. The van der Waals surface area contributed by atoms with E-state index in [9.17, 15) is 20.0 Å². The average Bonchev–Trinajstić information content (AvgIpc) is 2.77. The Morgan fingerprint density at radius 2 is 2.32 bits per heavy atom. The number of phenolic OH excluding ortho intramolecular Hbond substituents is 1. The summed E-state index contributed by atoms with van der Waals surface area (Å²) in [5.41, 5.74) is -0.0423. The van der Waals surface area contributed by atoms with Crippen molar-refractivity contribution in [3.8, 4) is 5.75 Å². The van der Waals surface area contributed by atoms with Crippen molar-refractivity contribution in [1.82, 2.24) is 5.32 Å². The number of carbonyl (C=O) groups is 1. The molecule has 1 amide bonds. The minimum absolute atomic E-state index is 0.177. The van der Waals surface area contributed by atoms with Gasteiger partial charge in [0.1, 0.15) is 5.75 Å². The Hall–Kier alpha value is -2.15.